The Morgan fingerprint density at radius 2 is 1.09 bits per heavy atom. The van der Waals surface area contributed by atoms with Crippen LogP contribution in [-0.4, -0.2) is 8.07 Å². The van der Waals surface area contributed by atoms with Crippen LogP contribution in [0.3, 0.4) is 0 Å². The topological polar surface area (TPSA) is 16.4 Å². The van der Waals surface area contributed by atoms with Gasteiger partial charge in [0.2, 0.25) is 0 Å². The SMILES string of the molecule is C[Si](C)(C)c1cccc(-c2cccc(N(c3ccc(-c4ccccc4)cc3)c3ccc4oc5ccccc5c4c3)c2-c2ccc3sc4ccccc4c3c2)c1. The molecule has 0 spiro atoms. The first-order valence-electron chi connectivity index (χ1n) is 18.9. The number of hydrogen-bond donors (Lipinski definition) is 0. The largest absolute Gasteiger partial charge is 0.456 e. The highest BCUT2D eigenvalue weighted by Crippen LogP contribution is 2.48. The molecule has 0 aliphatic carbocycles. The average Bonchev–Trinajstić information content (AvgIpc) is 3.79. The highest BCUT2D eigenvalue weighted by molar-refractivity contribution is 7.25. The predicted molar refractivity (Wildman–Crippen MR) is 241 cm³/mol. The summed E-state index contributed by atoms with van der Waals surface area (Å²) in [5.41, 5.74) is 12.3. The van der Waals surface area contributed by atoms with Gasteiger partial charge in [-0.3, -0.25) is 0 Å². The van der Waals surface area contributed by atoms with Gasteiger partial charge in [0.25, 0.3) is 0 Å². The van der Waals surface area contributed by atoms with Crippen molar-refractivity contribution < 1.29 is 4.42 Å². The molecule has 0 saturated heterocycles. The van der Waals surface area contributed by atoms with Crippen LogP contribution in [0.5, 0.6) is 0 Å². The molecule has 0 radical (unpaired) electrons. The maximum absolute atomic E-state index is 6.33. The highest BCUT2D eigenvalue weighted by atomic mass is 32.1. The van der Waals surface area contributed by atoms with Crippen molar-refractivity contribution in [1.82, 2.24) is 0 Å². The molecule has 2 nitrogen and oxygen atoms in total. The molecule has 10 rings (SSSR count). The third-order valence-corrected chi connectivity index (χ3v) is 14.0. The molecule has 0 fully saturated rings. The van der Waals surface area contributed by atoms with Crippen LogP contribution in [0.25, 0.3) is 75.5 Å². The fraction of sp³-hybridized carbons (Fsp3) is 0.0588. The second-order valence-electron chi connectivity index (χ2n) is 15.4. The summed E-state index contributed by atoms with van der Waals surface area (Å²) in [6, 6.07) is 66.5. The van der Waals surface area contributed by atoms with Crippen molar-refractivity contribution in [2.75, 3.05) is 4.90 Å². The Hall–Kier alpha value is -6.20. The third-order valence-electron chi connectivity index (χ3n) is 10.8. The number of furan rings is 1. The molecule has 10 aromatic rings. The molecule has 0 bridgehead atoms. The normalized spacial score (nSPS) is 11.9. The van der Waals surface area contributed by atoms with Crippen molar-refractivity contribution in [2.45, 2.75) is 19.6 Å². The lowest BCUT2D eigenvalue weighted by atomic mass is 9.91. The Balaban J connectivity index is 1.26. The van der Waals surface area contributed by atoms with Gasteiger partial charge in [0.05, 0.1) is 13.8 Å². The van der Waals surface area contributed by atoms with Crippen LogP contribution in [0, 0.1) is 0 Å². The first-order chi connectivity index (χ1) is 26.9. The molecule has 264 valence electrons. The van der Waals surface area contributed by atoms with Gasteiger partial charge in [-0.1, -0.05) is 146 Å². The molecule has 0 amide bonds. The van der Waals surface area contributed by atoms with E-state index in [1.54, 1.807) is 0 Å². The van der Waals surface area contributed by atoms with Crippen LogP contribution in [0.1, 0.15) is 0 Å². The lowest BCUT2D eigenvalue weighted by Crippen LogP contribution is -2.37. The zero-order valence-electron chi connectivity index (χ0n) is 31.1. The fourth-order valence-electron chi connectivity index (χ4n) is 8.02. The number of thiophene rings is 1. The van der Waals surface area contributed by atoms with E-state index >= 15 is 0 Å². The summed E-state index contributed by atoms with van der Waals surface area (Å²) in [5.74, 6) is 0. The van der Waals surface area contributed by atoms with Crippen LogP contribution in [0.15, 0.2) is 186 Å². The summed E-state index contributed by atoms with van der Waals surface area (Å²) < 4.78 is 8.94. The lowest BCUT2D eigenvalue weighted by molar-refractivity contribution is 0.669. The van der Waals surface area contributed by atoms with Gasteiger partial charge in [-0.15, -0.1) is 11.3 Å². The molecule has 0 N–H and O–H groups in total. The van der Waals surface area contributed by atoms with E-state index in [0.717, 1.165) is 39.0 Å². The molecule has 2 heterocycles. The molecule has 2 aromatic heterocycles. The highest BCUT2D eigenvalue weighted by Gasteiger charge is 2.24. The van der Waals surface area contributed by atoms with Crippen LogP contribution >= 0.6 is 11.3 Å². The van der Waals surface area contributed by atoms with E-state index < -0.39 is 8.07 Å². The minimum atomic E-state index is -1.59. The van der Waals surface area contributed by atoms with E-state index in [4.69, 9.17) is 4.42 Å². The Bertz CT molecular complexity index is 3020. The summed E-state index contributed by atoms with van der Waals surface area (Å²) in [6.07, 6.45) is 0. The first-order valence-corrected chi connectivity index (χ1v) is 23.2. The molecular weight excluding hydrogens is 703 g/mol. The minimum Gasteiger partial charge on any atom is -0.456 e. The molecular formula is C51H39NOSSi. The lowest BCUT2D eigenvalue weighted by Gasteiger charge is -2.29. The number of anilines is 3. The molecule has 0 saturated carbocycles. The van der Waals surface area contributed by atoms with Crippen LogP contribution < -0.4 is 10.1 Å². The van der Waals surface area contributed by atoms with Crippen molar-refractivity contribution in [3.8, 4) is 33.4 Å². The van der Waals surface area contributed by atoms with E-state index in [1.165, 1.54) is 58.7 Å². The Morgan fingerprint density at radius 3 is 1.93 bits per heavy atom. The fourth-order valence-corrected chi connectivity index (χ4v) is 10.3. The van der Waals surface area contributed by atoms with Crippen LogP contribution in [0.4, 0.5) is 17.1 Å². The maximum Gasteiger partial charge on any atom is 0.135 e. The quantitative estimate of drug-likeness (QED) is 0.151. The van der Waals surface area contributed by atoms with Gasteiger partial charge in [0, 0.05) is 47.9 Å². The van der Waals surface area contributed by atoms with Gasteiger partial charge in [-0.25, -0.2) is 0 Å². The standard InChI is InChI=1S/C51H39NOSSi/c1-55(2,3)40-16-11-15-36(31-40)41-19-12-20-46(51(41)37-25-30-50-45(32-37)43-18-8-10-22-49(43)54-50)52(38-26-23-35(24-27-38)34-13-5-4-6-14-34)39-28-29-48-44(33-39)42-17-7-9-21-47(42)53-48/h4-33H,1-3H3. The van der Waals surface area contributed by atoms with E-state index in [0.29, 0.717) is 0 Å². The number of nitrogens with zero attached hydrogens (tertiary/aromatic N) is 1. The average molecular weight is 742 g/mol. The zero-order chi connectivity index (χ0) is 37.1. The van der Waals surface area contributed by atoms with Crippen molar-refractivity contribution >= 4 is 83.8 Å². The van der Waals surface area contributed by atoms with Crippen molar-refractivity contribution in [3.05, 3.63) is 182 Å². The number of hydrogen-bond acceptors (Lipinski definition) is 3. The van der Waals surface area contributed by atoms with E-state index in [2.05, 4.69) is 200 Å². The molecule has 0 aliphatic heterocycles. The summed E-state index contributed by atoms with van der Waals surface area (Å²) in [7, 11) is -1.59. The number of benzene rings is 8. The van der Waals surface area contributed by atoms with Gasteiger partial charge in [-0.2, -0.15) is 0 Å². The predicted octanol–water partition coefficient (Wildman–Crippen LogP) is 15.0. The summed E-state index contributed by atoms with van der Waals surface area (Å²) in [4.78, 5) is 2.44. The molecule has 55 heavy (non-hydrogen) atoms. The van der Waals surface area contributed by atoms with Gasteiger partial charge < -0.3 is 9.32 Å². The van der Waals surface area contributed by atoms with Gasteiger partial charge >= 0.3 is 0 Å². The summed E-state index contributed by atoms with van der Waals surface area (Å²) >= 11 is 1.86. The molecule has 0 unspecified atom stereocenters. The van der Waals surface area contributed by atoms with Gasteiger partial charge in [0.1, 0.15) is 11.2 Å². The first kappa shape index (κ1) is 33.4. The second-order valence-corrected chi connectivity index (χ2v) is 21.5. The van der Waals surface area contributed by atoms with E-state index in [-0.39, 0.29) is 0 Å². The summed E-state index contributed by atoms with van der Waals surface area (Å²) in [6.45, 7) is 7.28. The van der Waals surface area contributed by atoms with E-state index in [1.807, 2.05) is 17.4 Å². The Labute approximate surface area is 326 Å². The van der Waals surface area contributed by atoms with Gasteiger partial charge in [0.15, 0.2) is 0 Å². The third kappa shape index (κ3) is 5.95. The smallest absolute Gasteiger partial charge is 0.135 e. The molecule has 0 atom stereocenters. The van der Waals surface area contributed by atoms with E-state index in [9.17, 15) is 0 Å². The Kier molecular flexibility index (Phi) is 8.05. The number of para-hydroxylation sites is 1. The Morgan fingerprint density at radius 1 is 0.436 bits per heavy atom. The van der Waals surface area contributed by atoms with Crippen molar-refractivity contribution in [3.63, 3.8) is 0 Å². The molecule has 8 aromatic carbocycles. The number of fused-ring (bicyclic) bond motifs is 6. The maximum atomic E-state index is 6.33. The van der Waals surface area contributed by atoms with Gasteiger partial charge in [-0.05, 0) is 88.5 Å². The monoisotopic (exact) mass is 741 g/mol. The molecule has 0 aliphatic rings. The van der Waals surface area contributed by atoms with Crippen molar-refractivity contribution in [1.29, 1.82) is 0 Å². The number of rotatable bonds is 7. The second kappa shape index (κ2) is 13.3. The summed E-state index contributed by atoms with van der Waals surface area (Å²) in [5, 5.41) is 6.26. The zero-order valence-corrected chi connectivity index (χ0v) is 32.9. The van der Waals surface area contributed by atoms with Crippen molar-refractivity contribution in [2.24, 2.45) is 0 Å². The van der Waals surface area contributed by atoms with Crippen LogP contribution in [-0.2, 0) is 0 Å². The van der Waals surface area contributed by atoms with Crippen LogP contribution in [0.2, 0.25) is 19.6 Å². The minimum absolute atomic E-state index is 0.885. The molecule has 4 heteroatoms.